The number of morpholine rings is 1. The lowest BCUT2D eigenvalue weighted by Gasteiger charge is -2.26. The lowest BCUT2D eigenvalue weighted by molar-refractivity contribution is 0.122. The van der Waals surface area contributed by atoms with E-state index in [0.717, 1.165) is 0 Å². The van der Waals surface area contributed by atoms with Crippen molar-refractivity contribution in [1.29, 1.82) is 0 Å². The number of nitrogens with one attached hydrogen (secondary N) is 1. The van der Waals surface area contributed by atoms with Crippen molar-refractivity contribution in [2.24, 2.45) is 5.10 Å². The topological polar surface area (TPSA) is 125 Å². The van der Waals surface area contributed by atoms with Gasteiger partial charge in [0.2, 0.25) is 5.95 Å². The van der Waals surface area contributed by atoms with Gasteiger partial charge in [-0.05, 0) is 12.1 Å². The van der Waals surface area contributed by atoms with Gasteiger partial charge in [-0.15, -0.1) is 0 Å². The summed E-state index contributed by atoms with van der Waals surface area (Å²) in [5, 5.41) is 23.0. The normalized spacial score (nSPS) is 14.7. The Morgan fingerprint density at radius 3 is 2.76 bits per heavy atom. The van der Waals surface area contributed by atoms with Crippen molar-refractivity contribution in [3.8, 4) is 17.5 Å². The fraction of sp³-hybridized carbons (Fsp3) is 0.333. The summed E-state index contributed by atoms with van der Waals surface area (Å²) in [6, 6.07) is 4.37. The average molecular weight is 346 g/mol. The number of aromatic hydroxyl groups is 2. The molecule has 0 unspecified atom stereocenters. The third-order valence-corrected chi connectivity index (χ3v) is 3.46. The first-order valence-electron chi connectivity index (χ1n) is 7.59. The van der Waals surface area contributed by atoms with Gasteiger partial charge in [0.1, 0.15) is 11.5 Å². The van der Waals surface area contributed by atoms with Gasteiger partial charge in [0.25, 0.3) is 5.95 Å². The molecular formula is C15H18N6O4. The first kappa shape index (κ1) is 16.7. The van der Waals surface area contributed by atoms with Gasteiger partial charge in [-0.1, -0.05) is 0 Å². The van der Waals surface area contributed by atoms with Crippen molar-refractivity contribution in [1.82, 2.24) is 15.0 Å². The summed E-state index contributed by atoms with van der Waals surface area (Å²) in [6.45, 7) is 2.57. The molecule has 1 saturated heterocycles. The van der Waals surface area contributed by atoms with Crippen LogP contribution in [0.25, 0.3) is 0 Å². The second-order valence-electron chi connectivity index (χ2n) is 5.16. The van der Waals surface area contributed by atoms with Crippen molar-refractivity contribution in [3.05, 3.63) is 23.8 Å². The van der Waals surface area contributed by atoms with E-state index < -0.39 is 0 Å². The van der Waals surface area contributed by atoms with Gasteiger partial charge in [0.15, 0.2) is 0 Å². The van der Waals surface area contributed by atoms with Gasteiger partial charge in [-0.25, -0.2) is 5.43 Å². The number of ether oxygens (including phenoxy) is 2. The number of benzene rings is 1. The van der Waals surface area contributed by atoms with Gasteiger partial charge < -0.3 is 24.6 Å². The fourth-order valence-electron chi connectivity index (χ4n) is 2.19. The van der Waals surface area contributed by atoms with Crippen molar-refractivity contribution in [3.63, 3.8) is 0 Å². The molecule has 3 N–H and O–H groups in total. The molecule has 1 aliphatic rings. The van der Waals surface area contributed by atoms with E-state index in [4.69, 9.17) is 9.47 Å². The van der Waals surface area contributed by atoms with E-state index >= 15 is 0 Å². The minimum atomic E-state index is -0.0900. The minimum absolute atomic E-state index is 0.0278. The minimum Gasteiger partial charge on any atom is -0.508 e. The van der Waals surface area contributed by atoms with Crippen LogP contribution in [0.3, 0.4) is 0 Å². The number of aromatic nitrogens is 3. The highest BCUT2D eigenvalue weighted by atomic mass is 16.5. The summed E-state index contributed by atoms with van der Waals surface area (Å²) in [4.78, 5) is 14.6. The highest BCUT2D eigenvalue weighted by Crippen LogP contribution is 2.21. The predicted molar refractivity (Wildman–Crippen MR) is 90.4 cm³/mol. The van der Waals surface area contributed by atoms with Crippen molar-refractivity contribution in [2.75, 3.05) is 43.7 Å². The molecular weight excluding hydrogens is 328 g/mol. The van der Waals surface area contributed by atoms with Crippen LogP contribution in [0.4, 0.5) is 11.9 Å². The summed E-state index contributed by atoms with van der Waals surface area (Å²) >= 11 is 0. The third kappa shape index (κ3) is 4.23. The maximum Gasteiger partial charge on any atom is 0.322 e. The standard InChI is InChI=1S/C15H18N6O4/c1-24-15-18-13(17-14(19-15)21-4-6-25-7-5-21)20-16-9-10-2-3-11(22)8-12(10)23/h2-3,8-9,22-23H,4-7H2,1H3,(H,17,18,19,20). The first-order valence-corrected chi connectivity index (χ1v) is 7.59. The molecule has 0 bridgehead atoms. The van der Waals surface area contributed by atoms with E-state index in [-0.39, 0.29) is 23.5 Å². The molecule has 2 aromatic rings. The number of phenolic OH excluding ortho intramolecular Hbond substituents is 2. The number of nitrogens with zero attached hydrogens (tertiary/aromatic N) is 5. The molecule has 0 atom stereocenters. The van der Waals surface area contributed by atoms with Gasteiger partial charge in [0, 0.05) is 24.7 Å². The van der Waals surface area contributed by atoms with E-state index in [2.05, 4.69) is 25.5 Å². The van der Waals surface area contributed by atoms with Crippen molar-refractivity contribution >= 4 is 18.1 Å². The van der Waals surface area contributed by atoms with E-state index in [1.807, 2.05) is 4.90 Å². The lowest BCUT2D eigenvalue weighted by Crippen LogP contribution is -2.37. The molecule has 1 aromatic heterocycles. The molecule has 0 amide bonds. The molecule has 2 heterocycles. The average Bonchev–Trinajstić information content (AvgIpc) is 2.64. The highest BCUT2D eigenvalue weighted by molar-refractivity contribution is 5.84. The van der Waals surface area contributed by atoms with Crippen LogP contribution < -0.4 is 15.1 Å². The van der Waals surface area contributed by atoms with Crippen LogP contribution in [-0.2, 0) is 4.74 Å². The molecule has 132 valence electrons. The van der Waals surface area contributed by atoms with Crippen molar-refractivity contribution < 1.29 is 19.7 Å². The molecule has 0 saturated carbocycles. The number of anilines is 2. The molecule has 10 heteroatoms. The maximum atomic E-state index is 9.73. The summed E-state index contributed by atoms with van der Waals surface area (Å²) < 4.78 is 10.4. The number of hydrogen-bond acceptors (Lipinski definition) is 10. The zero-order valence-corrected chi connectivity index (χ0v) is 13.6. The summed E-state index contributed by atoms with van der Waals surface area (Å²) in [5.41, 5.74) is 3.12. The fourth-order valence-corrected chi connectivity index (χ4v) is 2.19. The van der Waals surface area contributed by atoms with Gasteiger partial charge in [-0.3, -0.25) is 0 Å². The largest absolute Gasteiger partial charge is 0.508 e. The lowest BCUT2D eigenvalue weighted by atomic mass is 10.2. The summed E-state index contributed by atoms with van der Waals surface area (Å²) in [7, 11) is 1.47. The Hall–Kier alpha value is -3.14. The number of rotatable bonds is 5. The van der Waals surface area contributed by atoms with Crippen LogP contribution in [-0.4, -0.2) is 64.8 Å². The summed E-state index contributed by atoms with van der Waals surface area (Å²) in [6.07, 6.45) is 1.39. The molecule has 1 aliphatic heterocycles. The molecule has 0 aliphatic carbocycles. The SMILES string of the molecule is COc1nc(NN=Cc2ccc(O)cc2O)nc(N2CCOCC2)n1. The van der Waals surface area contributed by atoms with Crippen LogP contribution in [0.1, 0.15) is 5.56 Å². The van der Waals surface area contributed by atoms with Crippen LogP contribution in [0.2, 0.25) is 0 Å². The molecule has 3 rings (SSSR count). The Labute approximate surface area is 143 Å². The Kier molecular flexibility index (Phi) is 5.09. The Bertz CT molecular complexity index is 764. The number of methoxy groups -OCH3 is 1. The molecule has 10 nitrogen and oxygen atoms in total. The first-order chi connectivity index (χ1) is 12.2. The smallest absolute Gasteiger partial charge is 0.322 e. The van der Waals surface area contributed by atoms with Crippen LogP contribution in [0.5, 0.6) is 17.5 Å². The second kappa shape index (κ2) is 7.62. The third-order valence-electron chi connectivity index (χ3n) is 3.46. The number of phenols is 2. The monoisotopic (exact) mass is 346 g/mol. The molecule has 1 aromatic carbocycles. The zero-order valence-electron chi connectivity index (χ0n) is 13.6. The van der Waals surface area contributed by atoms with Crippen molar-refractivity contribution in [2.45, 2.75) is 0 Å². The summed E-state index contributed by atoms with van der Waals surface area (Å²) in [5.74, 6) is 0.566. The highest BCUT2D eigenvalue weighted by Gasteiger charge is 2.16. The van der Waals surface area contributed by atoms with Crippen LogP contribution in [0.15, 0.2) is 23.3 Å². The van der Waals surface area contributed by atoms with E-state index in [1.165, 1.54) is 31.5 Å². The molecule has 25 heavy (non-hydrogen) atoms. The molecule has 1 fully saturated rings. The van der Waals surface area contributed by atoms with E-state index in [9.17, 15) is 10.2 Å². The Morgan fingerprint density at radius 1 is 1.24 bits per heavy atom. The van der Waals surface area contributed by atoms with Gasteiger partial charge in [-0.2, -0.15) is 20.1 Å². The van der Waals surface area contributed by atoms with E-state index in [0.29, 0.717) is 37.8 Å². The van der Waals surface area contributed by atoms with Crippen LogP contribution in [0, 0.1) is 0 Å². The molecule has 0 radical (unpaired) electrons. The Balaban J connectivity index is 1.75. The molecule has 0 spiro atoms. The number of hydrazone groups is 1. The Morgan fingerprint density at radius 2 is 2.04 bits per heavy atom. The van der Waals surface area contributed by atoms with Gasteiger partial charge >= 0.3 is 6.01 Å². The maximum absolute atomic E-state index is 9.73. The van der Waals surface area contributed by atoms with Gasteiger partial charge in [0.05, 0.1) is 26.5 Å². The predicted octanol–water partition coefficient (Wildman–Crippen LogP) is 0.574. The van der Waals surface area contributed by atoms with E-state index in [1.54, 1.807) is 0 Å². The van der Waals surface area contributed by atoms with Crippen LogP contribution >= 0.6 is 0 Å². The zero-order chi connectivity index (χ0) is 17.6. The second-order valence-corrected chi connectivity index (χ2v) is 5.16. The quantitative estimate of drug-likeness (QED) is 0.526. The number of hydrogen-bond donors (Lipinski definition) is 3.